The van der Waals surface area contributed by atoms with Crippen LogP contribution in [-0.4, -0.2) is 68.1 Å². The summed E-state index contributed by atoms with van der Waals surface area (Å²) in [4.78, 5) is 41.1. The van der Waals surface area contributed by atoms with Crippen LogP contribution in [0.4, 0.5) is 16.2 Å². The zero-order valence-electron chi connectivity index (χ0n) is 26.4. The summed E-state index contributed by atoms with van der Waals surface area (Å²) in [6.07, 6.45) is 4.04. The third-order valence-corrected chi connectivity index (χ3v) is 10.4. The molecule has 5 aromatic rings. The number of para-hydroxylation sites is 2. The van der Waals surface area contributed by atoms with Gasteiger partial charge in [0, 0.05) is 61.4 Å². The van der Waals surface area contributed by atoms with Crippen molar-refractivity contribution in [2.45, 2.75) is 17.4 Å². The first-order chi connectivity index (χ1) is 23.8. The number of aromatic nitrogens is 2. The topological polar surface area (TPSA) is 146 Å². The van der Waals surface area contributed by atoms with Crippen molar-refractivity contribution < 1.29 is 27.5 Å². The number of fused-ring (bicyclic) bond motifs is 2. The molecule has 0 spiro atoms. The van der Waals surface area contributed by atoms with Crippen molar-refractivity contribution in [2.75, 3.05) is 42.0 Å². The van der Waals surface area contributed by atoms with E-state index in [1.807, 2.05) is 12.1 Å². The molecule has 2 aliphatic heterocycles. The molecule has 49 heavy (non-hydrogen) atoms. The Hall–Kier alpha value is -6.00. The van der Waals surface area contributed by atoms with Crippen LogP contribution in [-0.2, 0) is 25.2 Å². The summed E-state index contributed by atoms with van der Waals surface area (Å²) >= 11 is 0. The molecule has 4 heterocycles. The van der Waals surface area contributed by atoms with Gasteiger partial charge in [-0.15, -0.1) is 0 Å². The Labute approximate surface area is 282 Å². The van der Waals surface area contributed by atoms with Gasteiger partial charge in [-0.25, -0.2) is 13.2 Å². The fourth-order valence-electron chi connectivity index (χ4n) is 6.40. The summed E-state index contributed by atoms with van der Waals surface area (Å²) in [5.41, 5.74) is -0.989. The van der Waals surface area contributed by atoms with Gasteiger partial charge in [0.1, 0.15) is 10.6 Å². The summed E-state index contributed by atoms with van der Waals surface area (Å²) in [5, 5.41) is 10.5. The van der Waals surface area contributed by atoms with E-state index >= 15 is 4.79 Å². The maximum absolute atomic E-state index is 15.1. The highest BCUT2D eigenvalue weighted by molar-refractivity contribution is 7.93. The molecule has 3 aromatic carbocycles. The van der Waals surface area contributed by atoms with Crippen LogP contribution in [0, 0.1) is 11.3 Å². The Morgan fingerprint density at radius 3 is 2.43 bits per heavy atom. The summed E-state index contributed by atoms with van der Waals surface area (Å²) in [7, 11) is -4.67. The average molecular weight is 675 g/mol. The van der Waals surface area contributed by atoms with Gasteiger partial charge in [-0.05, 0) is 55.5 Å². The Morgan fingerprint density at radius 2 is 1.67 bits per heavy atom. The van der Waals surface area contributed by atoms with Crippen molar-refractivity contribution in [3.63, 3.8) is 0 Å². The summed E-state index contributed by atoms with van der Waals surface area (Å²) in [6, 6.07) is 24.6. The maximum Gasteiger partial charge on any atom is 0.411 e. The highest BCUT2D eigenvalue weighted by Crippen LogP contribution is 2.52. The number of benzene rings is 3. The Kier molecular flexibility index (Phi) is 8.09. The minimum absolute atomic E-state index is 0.0178. The zero-order chi connectivity index (χ0) is 34.2. The van der Waals surface area contributed by atoms with Crippen LogP contribution in [0.15, 0.2) is 108 Å². The van der Waals surface area contributed by atoms with Crippen LogP contribution >= 0.6 is 0 Å². The van der Waals surface area contributed by atoms with Gasteiger partial charge in [0.05, 0.1) is 35.0 Å². The number of carbonyl (C=O) groups is 2. The van der Waals surface area contributed by atoms with Gasteiger partial charge in [-0.3, -0.25) is 14.8 Å². The predicted octanol–water partition coefficient (Wildman–Crippen LogP) is 4.84. The number of hydrogen-bond acceptors (Lipinski definition) is 10. The van der Waals surface area contributed by atoms with Gasteiger partial charge < -0.3 is 19.3 Å². The fourth-order valence-corrected chi connectivity index (χ4v) is 8.03. The van der Waals surface area contributed by atoms with E-state index in [1.165, 1.54) is 35.4 Å². The maximum atomic E-state index is 15.1. The van der Waals surface area contributed by atoms with Gasteiger partial charge in [0.25, 0.3) is 15.9 Å². The number of anilines is 2. The largest absolute Gasteiger partial charge is 0.493 e. The molecular weight excluding hydrogens is 644 g/mol. The quantitative estimate of drug-likeness (QED) is 0.235. The van der Waals surface area contributed by atoms with Crippen LogP contribution in [0.1, 0.15) is 23.6 Å². The number of nitriles is 1. The van der Waals surface area contributed by atoms with Crippen molar-refractivity contribution in [1.29, 1.82) is 5.26 Å². The lowest BCUT2D eigenvalue weighted by Crippen LogP contribution is -2.53. The first-order valence-electron chi connectivity index (χ1n) is 15.6. The van der Waals surface area contributed by atoms with Crippen LogP contribution in [0.2, 0.25) is 0 Å². The number of sulfonamides is 1. The van der Waals surface area contributed by atoms with Crippen LogP contribution < -0.4 is 13.9 Å². The standard InChI is InChI=1S/C36H30N6O6S/c1-2-47-31-10-4-3-9-28(31)36(48-35(44)41-21-19-40(20-22-41)27-14-17-38-18-15-27)29-23-25(24-37)12-13-30(29)42(34(36)43)49(45,46)32-11-5-7-26-8-6-16-39-33(26)32/h3-18,23H,2,19-22H2,1H3. The van der Waals surface area contributed by atoms with Gasteiger partial charge in [-0.2, -0.15) is 9.57 Å². The molecule has 7 rings (SSSR count). The third-order valence-electron chi connectivity index (χ3n) is 8.70. The molecule has 0 radical (unpaired) electrons. The predicted molar refractivity (Wildman–Crippen MR) is 180 cm³/mol. The van der Waals surface area contributed by atoms with E-state index in [0.29, 0.717) is 22.8 Å². The lowest BCUT2D eigenvalue weighted by atomic mass is 9.85. The second-order valence-electron chi connectivity index (χ2n) is 11.4. The first-order valence-corrected chi connectivity index (χ1v) is 17.1. The van der Waals surface area contributed by atoms with Crippen molar-refractivity contribution in [2.24, 2.45) is 0 Å². The van der Waals surface area contributed by atoms with Crippen molar-refractivity contribution in [3.05, 3.63) is 120 Å². The molecule has 1 atom stereocenters. The third kappa shape index (κ3) is 5.26. The Morgan fingerprint density at radius 1 is 0.918 bits per heavy atom. The first kappa shape index (κ1) is 31.6. The van der Waals surface area contributed by atoms with E-state index in [4.69, 9.17) is 9.47 Å². The van der Waals surface area contributed by atoms with E-state index in [9.17, 15) is 18.5 Å². The van der Waals surface area contributed by atoms with E-state index < -0.39 is 27.6 Å². The average Bonchev–Trinajstić information content (AvgIpc) is 3.39. The monoisotopic (exact) mass is 674 g/mol. The van der Waals surface area contributed by atoms with E-state index in [0.717, 1.165) is 5.69 Å². The number of pyridine rings is 2. The van der Waals surface area contributed by atoms with Crippen LogP contribution in [0.25, 0.3) is 10.9 Å². The highest BCUT2D eigenvalue weighted by Gasteiger charge is 2.61. The molecule has 2 aromatic heterocycles. The van der Waals surface area contributed by atoms with Gasteiger partial charge >= 0.3 is 6.09 Å². The minimum Gasteiger partial charge on any atom is -0.493 e. The summed E-state index contributed by atoms with van der Waals surface area (Å²) < 4.78 is 42.3. The molecule has 0 aliphatic carbocycles. The number of ether oxygens (including phenoxy) is 2. The number of rotatable bonds is 7. The zero-order valence-corrected chi connectivity index (χ0v) is 27.2. The molecule has 0 N–H and O–H groups in total. The second-order valence-corrected chi connectivity index (χ2v) is 13.2. The van der Waals surface area contributed by atoms with E-state index in [-0.39, 0.29) is 58.2 Å². The Balaban J connectivity index is 1.37. The van der Waals surface area contributed by atoms with Crippen molar-refractivity contribution in [3.8, 4) is 11.8 Å². The number of nitrogens with zero attached hydrogens (tertiary/aromatic N) is 6. The summed E-state index contributed by atoms with van der Waals surface area (Å²) in [5.74, 6) is -0.838. The summed E-state index contributed by atoms with van der Waals surface area (Å²) in [6.45, 7) is 3.49. The van der Waals surface area contributed by atoms with Crippen LogP contribution in [0.3, 0.4) is 0 Å². The normalized spacial score (nSPS) is 17.5. The molecule has 246 valence electrons. The van der Waals surface area contributed by atoms with Gasteiger partial charge in [-0.1, -0.05) is 36.4 Å². The van der Waals surface area contributed by atoms with Crippen molar-refractivity contribution >= 4 is 44.3 Å². The molecule has 0 saturated carbocycles. The van der Waals surface area contributed by atoms with Gasteiger partial charge in [0.2, 0.25) is 5.60 Å². The number of carbonyl (C=O) groups excluding carboxylic acids is 2. The molecule has 1 saturated heterocycles. The molecule has 12 nitrogen and oxygen atoms in total. The fraction of sp³-hybridized carbons (Fsp3) is 0.194. The van der Waals surface area contributed by atoms with Crippen LogP contribution in [0.5, 0.6) is 5.75 Å². The number of piperazine rings is 1. The molecule has 13 heteroatoms. The SMILES string of the molecule is CCOc1ccccc1C1(OC(=O)N2CCN(c3ccncc3)CC2)C(=O)N(S(=O)(=O)c2cccc3cccnc23)c2ccc(C#N)cc21. The minimum atomic E-state index is -4.67. The lowest BCUT2D eigenvalue weighted by Gasteiger charge is -2.38. The highest BCUT2D eigenvalue weighted by atomic mass is 32.2. The molecule has 2 amide bonds. The number of hydrogen-bond donors (Lipinski definition) is 0. The molecule has 1 fully saturated rings. The van der Waals surface area contributed by atoms with E-state index in [1.54, 1.807) is 67.8 Å². The second kappa shape index (κ2) is 12.6. The molecule has 2 aliphatic rings. The molecule has 1 unspecified atom stereocenters. The number of amides is 2. The van der Waals surface area contributed by atoms with Crippen molar-refractivity contribution in [1.82, 2.24) is 14.9 Å². The smallest absolute Gasteiger partial charge is 0.411 e. The Bertz CT molecular complexity index is 2230. The lowest BCUT2D eigenvalue weighted by molar-refractivity contribution is -0.132. The van der Waals surface area contributed by atoms with E-state index in [2.05, 4.69) is 20.9 Å². The molecule has 0 bridgehead atoms. The molecular formula is C36H30N6O6S. The van der Waals surface area contributed by atoms with Gasteiger partial charge in [0.15, 0.2) is 0 Å².